The fourth-order valence-electron chi connectivity index (χ4n) is 2.68. The maximum Gasteiger partial charge on any atom is 0.192 e. The SMILES string of the molecule is CN=C(C=CN)c1ccccc1C(O)c1ccc(SNc2nccs2)cc1F. The van der Waals surface area contributed by atoms with Gasteiger partial charge in [0.1, 0.15) is 11.9 Å². The number of nitrogens with zero attached hydrogens (tertiary/aromatic N) is 2. The van der Waals surface area contributed by atoms with Crippen LogP contribution in [0.4, 0.5) is 9.52 Å². The molecule has 0 fully saturated rings. The Balaban J connectivity index is 1.86. The van der Waals surface area contributed by atoms with E-state index in [0.29, 0.717) is 21.7 Å². The molecule has 5 nitrogen and oxygen atoms in total. The molecule has 8 heteroatoms. The lowest BCUT2D eigenvalue weighted by Crippen LogP contribution is -2.10. The lowest BCUT2D eigenvalue weighted by atomic mass is 9.94. The number of halogens is 1. The van der Waals surface area contributed by atoms with E-state index in [-0.39, 0.29) is 5.56 Å². The van der Waals surface area contributed by atoms with E-state index in [9.17, 15) is 9.50 Å². The first-order valence-corrected chi connectivity index (χ1v) is 10.1. The fourth-order valence-corrected chi connectivity index (χ4v) is 3.93. The molecule has 28 heavy (non-hydrogen) atoms. The third-order valence-corrected chi connectivity index (χ3v) is 5.58. The van der Waals surface area contributed by atoms with Crippen LogP contribution in [0.5, 0.6) is 0 Å². The molecule has 2 aromatic carbocycles. The van der Waals surface area contributed by atoms with E-state index >= 15 is 0 Å². The van der Waals surface area contributed by atoms with Crippen LogP contribution in [-0.4, -0.2) is 22.8 Å². The van der Waals surface area contributed by atoms with Gasteiger partial charge in [-0.2, -0.15) is 0 Å². The lowest BCUT2D eigenvalue weighted by molar-refractivity contribution is 0.214. The molecule has 0 aliphatic carbocycles. The van der Waals surface area contributed by atoms with Gasteiger partial charge in [0.05, 0.1) is 5.71 Å². The predicted molar refractivity (Wildman–Crippen MR) is 114 cm³/mol. The van der Waals surface area contributed by atoms with Gasteiger partial charge in [-0.05, 0) is 41.9 Å². The van der Waals surface area contributed by atoms with Crippen molar-refractivity contribution in [1.29, 1.82) is 0 Å². The van der Waals surface area contributed by atoms with E-state index < -0.39 is 11.9 Å². The van der Waals surface area contributed by atoms with Gasteiger partial charge in [-0.1, -0.05) is 30.3 Å². The first-order chi connectivity index (χ1) is 13.6. The molecular weight excluding hydrogens is 395 g/mol. The molecule has 0 saturated carbocycles. The Morgan fingerprint density at radius 3 is 2.82 bits per heavy atom. The number of rotatable bonds is 7. The summed E-state index contributed by atoms with van der Waals surface area (Å²) < 4.78 is 17.8. The van der Waals surface area contributed by atoms with Crippen LogP contribution in [0.1, 0.15) is 22.8 Å². The molecule has 4 N–H and O–H groups in total. The summed E-state index contributed by atoms with van der Waals surface area (Å²) in [5.41, 5.74) is 7.54. The molecule has 1 aromatic heterocycles. The summed E-state index contributed by atoms with van der Waals surface area (Å²) >= 11 is 2.72. The molecule has 3 rings (SSSR count). The van der Waals surface area contributed by atoms with Gasteiger partial charge >= 0.3 is 0 Å². The largest absolute Gasteiger partial charge is 0.405 e. The average molecular weight is 415 g/mol. The molecule has 144 valence electrons. The van der Waals surface area contributed by atoms with Gasteiger partial charge in [0.25, 0.3) is 0 Å². The van der Waals surface area contributed by atoms with Crippen molar-refractivity contribution < 1.29 is 9.50 Å². The lowest BCUT2D eigenvalue weighted by Gasteiger charge is -2.17. The highest BCUT2D eigenvalue weighted by Gasteiger charge is 2.20. The minimum Gasteiger partial charge on any atom is -0.405 e. The number of thiazole rings is 1. The number of anilines is 1. The van der Waals surface area contributed by atoms with Crippen LogP contribution in [0.25, 0.3) is 0 Å². The molecule has 0 aliphatic rings. The summed E-state index contributed by atoms with van der Waals surface area (Å²) in [4.78, 5) is 8.99. The Kier molecular flexibility index (Phi) is 6.80. The normalized spacial score (nSPS) is 13.0. The summed E-state index contributed by atoms with van der Waals surface area (Å²) in [6.45, 7) is 0. The number of hydrogen-bond acceptors (Lipinski definition) is 7. The zero-order valence-corrected chi connectivity index (χ0v) is 16.7. The number of hydrogen-bond donors (Lipinski definition) is 3. The van der Waals surface area contributed by atoms with Crippen LogP contribution in [0, 0.1) is 5.82 Å². The molecule has 1 atom stereocenters. The van der Waals surface area contributed by atoms with Gasteiger partial charge < -0.3 is 15.6 Å². The molecule has 0 amide bonds. The molecule has 0 radical (unpaired) electrons. The minimum absolute atomic E-state index is 0.193. The Hall–Kier alpha value is -2.68. The second-order valence-corrected chi connectivity index (χ2v) is 7.46. The number of aromatic nitrogens is 1. The standard InChI is InChI=1S/C20H19FN4OS2/c1-23-18(8-9-22)14-4-2-3-5-15(14)19(26)16-7-6-13(12-17(16)21)28-25-20-24-10-11-27-20/h2-12,19,26H,22H2,1H3,(H,24,25). The van der Waals surface area contributed by atoms with Crippen molar-refractivity contribution >= 4 is 34.1 Å². The van der Waals surface area contributed by atoms with E-state index in [1.54, 1.807) is 43.6 Å². The summed E-state index contributed by atoms with van der Waals surface area (Å²) in [5, 5.41) is 13.5. The number of nitrogens with one attached hydrogen (secondary N) is 1. The maximum absolute atomic E-state index is 14.7. The third-order valence-electron chi connectivity index (χ3n) is 3.98. The van der Waals surface area contributed by atoms with Crippen molar-refractivity contribution in [2.45, 2.75) is 11.0 Å². The zero-order chi connectivity index (χ0) is 19.9. The highest BCUT2D eigenvalue weighted by atomic mass is 32.2. The van der Waals surface area contributed by atoms with Crippen LogP contribution >= 0.6 is 23.3 Å². The van der Waals surface area contributed by atoms with Crippen LogP contribution in [0.15, 0.2) is 76.2 Å². The average Bonchev–Trinajstić information content (AvgIpc) is 3.24. The molecular formula is C20H19FN4OS2. The van der Waals surface area contributed by atoms with Gasteiger partial charge in [0.2, 0.25) is 0 Å². The van der Waals surface area contributed by atoms with E-state index in [4.69, 9.17) is 5.73 Å². The second-order valence-electron chi connectivity index (χ2n) is 5.68. The molecule has 1 unspecified atom stereocenters. The van der Waals surface area contributed by atoms with E-state index in [1.807, 2.05) is 17.5 Å². The number of nitrogens with two attached hydrogens (primary N) is 1. The number of benzene rings is 2. The fraction of sp³-hybridized carbons (Fsp3) is 0.100. The van der Waals surface area contributed by atoms with Gasteiger partial charge in [0.15, 0.2) is 5.13 Å². The number of aliphatic imine (C=N–C) groups is 1. The van der Waals surface area contributed by atoms with E-state index in [2.05, 4.69) is 14.7 Å². The van der Waals surface area contributed by atoms with Crippen LogP contribution in [0.2, 0.25) is 0 Å². The molecule has 0 bridgehead atoms. The Bertz CT molecular complexity index is 990. The molecule has 1 heterocycles. The maximum atomic E-state index is 14.7. The molecule has 3 aromatic rings. The number of allylic oxidation sites excluding steroid dienone is 1. The van der Waals surface area contributed by atoms with E-state index in [0.717, 1.165) is 5.13 Å². The van der Waals surface area contributed by atoms with Crippen LogP contribution in [0.3, 0.4) is 0 Å². The molecule has 0 saturated heterocycles. The monoisotopic (exact) mass is 414 g/mol. The van der Waals surface area contributed by atoms with Gasteiger partial charge in [-0.15, -0.1) is 11.3 Å². The van der Waals surface area contributed by atoms with Crippen LogP contribution in [-0.2, 0) is 0 Å². The Morgan fingerprint density at radius 1 is 1.32 bits per heavy atom. The van der Waals surface area contributed by atoms with Crippen molar-refractivity contribution in [3.05, 3.63) is 88.8 Å². The first kappa shape index (κ1) is 20.1. The molecule has 0 aliphatic heterocycles. The van der Waals surface area contributed by atoms with Crippen molar-refractivity contribution in [3.63, 3.8) is 0 Å². The van der Waals surface area contributed by atoms with Gasteiger partial charge in [0, 0.05) is 34.6 Å². The van der Waals surface area contributed by atoms with Crippen LogP contribution < -0.4 is 10.5 Å². The van der Waals surface area contributed by atoms with E-state index in [1.165, 1.54) is 35.6 Å². The van der Waals surface area contributed by atoms with Gasteiger partial charge in [-0.3, -0.25) is 4.99 Å². The van der Waals surface area contributed by atoms with Crippen molar-refractivity contribution in [2.24, 2.45) is 10.7 Å². The minimum atomic E-state index is -1.13. The summed E-state index contributed by atoms with van der Waals surface area (Å²) in [7, 11) is 1.64. The third kappa shape index (κ3) is 4.59. The highest BCUT2D eigenvalue weighted by molar-refractivity contribution is 8.00. The van der Waals surface area contributed by atoms with Crippen molar-refractivity contribution in [3.8, 4) is 0 Å². The topological polar surface area (TPSA) is 83.5 Å². The highest BCUT2D eigenvalue weighted by Crippen LogP contribution is 2.30. The van der Waals surface area contributed by atoms with Crippen molar-refractivity contribution in [2.75, 3.05) is 11.8 Å². The van der Waals surface area contributed by atoms with Crippen molar-refractivity contribution in [1.82, 2.24) is 4.98 Å². The second kappa shape index (κ2) is 9.50. The summed E-state index contributed by atoms with van der Waals surface area (Å²) in [5.74, 6) is -0.488. The Labute approximate surface area is 171 Å². The summed E-state index contributed by atoms with van der Waals surface area (Å²) in [6, 6.07) is 11.9. The molecule has 0 spiro atoms. The number of aliphatic hydroxyl groups excluding tert-OH is 1. The summed E-state index contributed by atoms with van der Waals surface area (Å²) in [6.07, 6.45) is 3.59. The quantitative estimate of drug-likeness (QED) is 0.395. The predicted octanol–water partition coefficient (Wildman–Crippen LogP) is 4.37. The Morgan fingerprint density at radius 2 is 2.14 bits per heavy atom. The van der Waals surface area contributed by atoms with Gasteiger partial charge in [-0.25, -0.2) is 9.37 Å². The number of aliphatic hydroxyl groups is 1. The zero-order valence-electron chi connectivity index (χ0n) is 15.0. The smallest absolute Gasteiger partial charge is 0.192 e. The first-order valence-electron chi connectivity index (χ1n) is 8.38.